The first-order chi connectivity index (χ1) is 16.3. The van der Waals surface area contributed by atoms with Crippen molar-refractivity contribution in [2.24, 2.45) is 0 Å². The highest BCUT2D eigenvalue weighted by molar-refractivity contribution is 5.86. The van der Waals surface area contributed by atoms with Gasteiger partial charge in [0.15, 0.2) is 5.82 Å². The van der Waals surface area contributed by atoms with Crippen LogP contribution in [0, 0.1) is 0 Å². The van der Waals surface area contributed by atoms with Crippen LogP contribution in [0.2, 0.25) is 0 Å². The van der Waals surface area contributed by atoms with Gasteiger partial charge in [-0.1, -0.05) is 18.2 Å². The highest BCUT2D eigenvalue weighted by Crippen LogP contribution is 2.33. The van der Waals surface area contributed by atoms with Gasteiger partial charge in [-0.15, -0.1) is 5.10 Å². The molecule has 0 spiro atoms. The predicted octanol–water partition coefficient (Wildman–Crippen LogP) is 6.16. The number of aromatic nitrogens is 4. The number of alkyl halides is 3. The number of nitrogens with zero attached hydrogens (tertiary/aromatic N) is 3. The van der Waals surface area contributed by atoms with Crippen molar-refractivity contribution in [1.29, 1.82) is 0 Å². The number of nitrogens with one attached hydrogen (secondary N) is 2. The first kappa shape index (κ1) is 21.3. The molecule has 170 valence electrons. The zero-order chi connectivity index (χ0) is 23.7. The Bertz CT molecular complexity index is 1460. The Kier molecular flexibility index (Phi) is 5.25. The average Bonchev–Trinajstić information content (AvgIpc) is 3.27. The number of rotatable bonds is 5. The van der Waals surface area contributed by atoms with Crippen molar-refractivity contribution in [2.75, 3.05) is 11.1 Å². The lowest BCUT2D eigenvalue weighted by Gasteiger charge is -2.10. The van der Waals surface area contributed by atoms with Gasteiger partial charge in [-0.05, 0) is 54.6 Å². The Balaban J connectivity index is 1.33. The summed E-state index contributed by atoms with van der Waals surface area (Å²) in [6.45, 7) is 0. The summed E-state index contributed by atoms with van der Waals surface area (Å²) in [6, 6.07) is 21.1. The van der Waals surface area contributed by atoms with Crippen LogP contribution < -0.4 is 15.8 Å². The molecule has 0 saturated heterocycles. The largest absolute Gasteiger partial charge is 0.457 e. The molecule has 0 fully saturated rings. The molecular weight excluding hydrogens is 445 g/mol. The van der Waals surface area contributed by atoms with Crippen LogP contribution >= 0.6 is 0 Å². The monoisotopic (exact) mass is 462 g/mol. The number of fused-ring (bicyclic) bond motifs is 1. The molecule has 34 heavy (non-hydrogen) atoms. The minimum absolute atomic E-state index is 0.147. The molecule has 2 aromatic heterocycles. The van der Waals surface area contributed by atoms with Crippen LogP contribution in [0.3, 0.4) is 0 Å². The number of benzene rings is 3. The molecule has 2 heterocycles. The lowest BCUT2D eigenvalue weighted by Crippen LogP contribution is -2.05. The van der Waals surface area contributed by atoms with Crippen molar-refractivity contribution < 1.29 is 17.9 Å². The van der Waals surface area contributed by atoms with Crippen molar-refractivity contribution in [3.63, 3.8) is 0 Å². The van der Waals surface area contributed by atoms with E-state index in [9.17, 15) is 13.2 Å². The molecule has 3 aromatic carbocycles. The lowest BCUT2D eigenvalue weighted by molar-refractivity contribution is -0.137. The number of aromatic amines is 1. The molecule has 5 rings (SSSR count). The van der Waals surface area contributed by atoms with Crippen LogP contribution in [0.15, 0.2) is 78.9 Å². The number of H-pyrrole nitrogens is 1. The second-order valence-corrected chi connectivity index (χ2v) is 7.40. The Morgan fingerprint density at radius 2 is 1.68 bits per heavy atom. The summed E-state index contributed by atoms with van der Waals surface area (Å²) in [5.74, 6) is 2.12. The van der Waals surface area contributed by atoms with Gasteiger partial charge in [0, 0.05) is 22.7 Å². The highest BCUT2D eigenvalue weighted by Gasteiger charge is 2.30. The molecule has 0 bridgehead atoms. The van der Waals surface area contributed by atoms with Gasteiger partial charge in [0.2, 0.25) is 5.95 Å². The molecule has 5 aromatic rings. The predicted molar refractivity (Wildman–Crippen MR) is 123 cm³/mol. The van der Waals surface area contributed by atoms with Gasteiger partial charge in [-0.3, -0.25) is 5.10 Å². The quantitative estimate of drug-likeness (QED) is 0.289. The van der Waals surface area contributed by atoms with Crippen LogP contribution in [0.25, 0.3) is 22.3 Å². The summed E-state index contributed by atoms with van der Waals surface area (Å²) in [5.41, 5.74) is 6.82. The highest BCUT2D eigenvalue weighted by atomic mass is 19.4. The van der Waals surface area contributed by atoms with E-state index in [1.807, 2.05) is 24.3 Å². The summed E-state index contributed by atoms with van der Waals surface area (Å²) < 4.78 is 44.8. The van der Waals surface area contributed by atoms with Gasteiger partial charge in [0.05, 0.1) is 11.1 Å². The summed E-state index contributed by atoms with van der Waals surface area (Å²) in [4.78, 5) is 8.61. The fraction of sp³-hybridized carbons (Fsp3) is 0.0417. The number of pyridine rings is 1. The normalized spacial score (nSPS) is 11.5. The van der Waals surface area contributed by atoms with E-state index in [1.165, 1.54) is 12.1 Å². The number of ether oxygens (including phenoxy) is 1. The number of hydrogen-bond donors (Lipinski definition) is 3. The summed E-state index contributed by atoms with van der Waals surface area (Å²) in [7, 11) is 0. The number of halogens is 3. The van der Waals surface area contributed by atoms with Crippen molar-refractivity contribution in [3.8, 4) is 22.9 Å². The second-order valence-electron chi connectivity index (χ2n) is 7.40. The minimum atomic E-state index is -4.43. The van der Waals surface area contributed by atoms with Gasteiger partial charge >= 0.3 is 6.18 Å². The molecule has 0 atom stereocenters. The third-order valence-corrected chi connectivity index (χ3v) is 4.99. The van der Waals surface area contributed by atoms with E-state index in [4.69, 9.17) is 10.5 Å². The Labute approximate surface area is 191 Å². The third kappa shape index (κ3) is 4.46. The molecule has 0 saturated carbocycles. The average molecular weight is 462 g/mol. The van der Waals surface area contributed by atoms with E-state index < -0.39 is 11.7 Å². The van der Waals surface area contributed by atoms with E-state index in [1.54, 1.807) is 30.3 Å². The van der Waals surface area contributed by atoms with E-state index in [2.05, 4.69) is 25.5 Å². The van der Waals surface area contributed by atoms with E-state index in [-0.39, 0.29) is 11.6 Å². The van der Waals surface area contributed by atoms with Crippen LogP contribution in [0.1, 0.15) is 5.56 Å². The number of hydrogen-bond acceptors (Lipinski definition) is 6. The maximum atomic E-state index is 12.9. The SMILES string of the molecule is Nc1cc(Oc2ccc(-c3nc(Nc4cccc(C(F)(F)F)c4)n[nH]3)cc2)c2ccccc2n1. The maximum absolute atomic E-state index is 12.9. The lowest BCUT2D eigenvalue weighted by atomic mass is 10.2. The Morgan fingerprint density at radius 1 is 0.882 bits per heavy atom. The Hall–Kier alpha value is -4.60. The molecule has 0 aliphatic heterocycles. The maximum Gasteiger partial charge on any atom is 0.416 e. The minimum Gasteiger partial charge on any atom is -0.457 e. The van der Waals surface area contributed by atoms with Gasteiger partial charge in [-0.2, -0.15) is 18.2 Å². The topological polar surface area (TPSA) is 102 Å². The molecule has 0 radical (unpaired) electrons. The zero-order valence-corrected chi connectivity index (χ0v) is 17.5. The first-order valence-corrected chi connectivity index (χ1v) is 10.2. The standard InChI is InChI=1S/C24H17F3N6O/c25-24(26,27)15-4-3-5-16(12-15)29-23-31-22(32-33-23)14-8-10-17(11-9-14)34-20-13-21(28)30-19-7-2-1-6-18(19)20/h1-13H,(H2,28,30)(H2,29,31,32,33). The smallest absolute Gasteiger partial charge is 0.416 e. The van der Waals surface area contributed by atoms with Gasteiger partial charge in [0.1, 0.15) is 17.3 Å². The first-order valence-electron chi connectivity index (χ1n) is 10.2. The summed E-state index contributed by atoms with van der Waals surface area (Å²) in [5, 5.41) is 10.4. The van der Waals surface area contributed by atoms with Crippen molar-refractivity contribution >= 4 is 28.4 Å². The number of anilines is 3. The summed E-state index contributed by atoms with van der Waals surface area (Å²) in [6.07, 6.45) is -4.43. The van der Waals surface area contributed by atoms with Gasteiger partial charge < -0.3 is 15.8 Å². The molecule has 0 aliphatic carbocycles. The molecule has 7 nitrogen and oxygen atoms in total. The van der Waals surface area contributed by atoms with Crippen molar-refractivity contribution in [3.05, 3.63) is 84.4 Å². The molecule has 0 unspecified atom stereocenters. The number of nitrogen functional groups attached to an aromatic ring is 1. The van der Waals surface area contributed by atoms with E-state index in [0.717, 1.165) is 28.6 Å². The molecular formula is C24H17F3N6O. The third-order valence-electron chi connectivity index (χ3n) is 4.99. The fourth-order valence-corrected chi connectivity index (χ4v) is 3.40. The summed E-state index contributed by atoms with van der Waals surface area (Å²) >= 11 is 0. The fourth-order valence-electron chi connectivity index (χ4n) is 3.40. The number of nitrogens with two attached hydrogens (primary N) is 1. The number of para-hydroxylation sites is 1. The van der Waals surface area contributed by atoms with E-state index in [0.29, 0.717) is 23.1 Å². The second kappa shape index (κ2) is 8.39. The van der Waals surface area contributed by atoms with Crippen LogP contribution in [-0.2, 0) is 6.18 Å². The molecule has 0 aliphatic rings. The van der Waals surface area contributed by atoms with Gasteiger partial charge in [-0.25, -0.2) is 4.98 Å². The van der Waals surface area contributed by atoms with Crippen LogP contribution in [0.5, 0.6) is 11.5 Å². The molecule has 0 amide bonds. The van der Waals surface area contributed by atoms with Crippen molar-refractivity contribution in [1.82, 2.24) is 20.2 Å². The molecule has 10 heteroatoms. The van der Waals surface area contributed by atoms with E-state index >= 15 is 0 Å². The van der Waals surface area contributed by atoms with Gasteiger partial charge in [0.25, 0.3) is 0 Å². The molecule has 4 N–H and O–H groups in total. The van der Waals surface area contributed by atoms with Crippen LogP contribution in [0.4, 0.5) is 30.6 Å². The zero-order valence-electron chi connectivity index (χ0n) is 17.5. The van der Waals surface area contributed by atoms with Crippen LogP contribution in [-0.4, -0.2) is 20.2 Å². The van der Waals surface area contributed by atoms with Crippen molar-refractivity contribution in [2.45, 2.75) is 6.18 Å². The Morgan fingerprint density at radius 3 is 2.47 bits per heavy atom.